The average Bonchev–Trinajstić information content (AvgIpc) is 3.06. The molecule has 126 valence electrons. The standard InChI is InChI=1S/C18H22N4O2/c1-13-12-15(16(21-20-13)22(2)3)19-17(23)18(10-7-11-24-18)14-8-5-4-6-9-14/h4-6,8-9,12H,7,10-11H2,1-3H3,(H,19,20,23). The van der Waals surface area contributed by atoms with Gasteiger partial charge in [0, 0.05) is 20.7 Å². The Labute approximate surface area is 141 Å². The minimum atomic E-state index is -0.942. The van der Waals surface area contributed by atoms with Gasteiger partial charge in [-0.3, -0.25) is 4.79 Å². The van der Waals surface area contributed by atoms with Crippen LogP contribution in [0.4, 0.5) is 11.5 Å². The number of hydrogen-bond donors (Lipinski definition) is 1. The zero-order valence-electron chi connectivity index (χ0n) is 14.2. The van der Waals surface area contributed by atoms with E-state index in [2.05, 4.69) is 15.5 Å². The fraction of sp³-hybridized carbons (Fsp3) is 0.389. The lowest BCUT2D eigenvalue weighted by atomic mass is 9.89. The molecule has 0 radical (unpaired) electrons. The van der Waals surface area contributed by atoms with E-state index < -0.39 is 5.60 Å². The third-order valence-corrected chi connectivity index (χ3v) is 4.20. The summed E-state index contributed by atoms with van der Waals surface area (Å²) >= 11 is 0. The van der Waals surface area contributed by atoms with Crippen LogP contribution in [-0.2, 0) is 15.1 Å². The number of amides is 1. The van der Waals surface area contributed by atoms with Gasteiger partial charge in [0.25, 0.3) is 5.91 Å². The fourth-order valence-corrected chi connectivity index (χ4v) is 3.01. The predicted octanol–water partition coefficient (Wildman–Crippen LogP) is 2.50. The number of nitrogens with zero attached hydrogens (tertiary/aromatic N) is 3. The lowest BCUT2D eigenvalue weighted by molar-refractivity contribution is -0.136. The summed E-state index contributed by atoms with van der Waals surface area (Å²) in [6.07, 6.45) is 1.52. The van der Waals surface area contributed by atoms with E-state index in [-0.39, 0.29) is 5.91 Å². The van der Waals surface area contributed by atoms with E-state index in [1.54, 1.807) is 0 Å². The summed E-state index contributed by atoms with van der Waals surface area (Å²) in [7, 11) is 3.74. The van der Waals surface area contributed by atoms with Crippen molar-refractivity contribution in [2.45, 2.75) is 25.4 Å². The van der Waals surface area contributed by atoms with Gasteiger partial charge in [-0.05, 0) is 31.4 Å². The van der Waals surface area contributed by atoms with Gasteiger partial charge in [-0.15, -0.1) is 5.10 Å². The van der Waals surface area contributed by atoms with Crippen LogP contribution in [0.25, 0.3) is 0 Å². The van der Waals surface area contributed by atoms with Crippen LogP contribution in [0.2, 0.25) is 0 Å². The molecule has 2 aromatic rings. The molecule has 3 rings (SSSR count). The number of carbonyl (C=O) groups is 1. The van der Waals surface area contributed by atoms with E-state index in [1.807, 2.05) is 62.3 Å². The van der Waals surface area contributed by atoms with Gasteiger partial charge in [0.15, 0.2) is 11.4 Å². The third-order valence-electron chi connectivity index (χ3n) is 4.20. The average molecular weight is 326 g/mol. The SMILES string of the molecule is Cc1cc(NC(=O)C2(c3ccccc3)CCCO2)c(N(C)C)nn1. The largest absolute Gasteiger partial charge is 0.360 e. The predicted molar refractivity (Wildman–Crippen MR) is 93.0 cm³/mol. The Morgan fingerprint density at radius 2 is 2.00 bits per heavy atom. The maximum Gasteiger partial charge on any atom is 0.261 e. The van der Waals surface area contributed by atoms with Crippen LogP contribution in [0.3, 0.4) is 0 Å². The highest BCUT2D eigenvalue weighted by atomic mass is 16.5. The number of anilines is 2. The first-order valence-corrected chi connectivity index (χ1v) is 8.05. The van der Waals surface area contributed by atoms with Crippen molar-refractivity contribution in [3.05, 3.63) is 47.7 Å². The number of aryl methyl sites for hydroxylation is 1. The fourth-order valence-electron chi connectivity index (χ4n) is 3.01. The van der Waals surface area contributed by atoms with Crippen molar-refractivity contribution in [1.82, 2.24) is 10.2 Å². The molecule has 0 saturated carbocycles. The summed E-state index contributed by atoms with van der Waals surface area (Å²) in [5.41, 5.74) is 1.33. The van der Waals surface area contributed by atoms with E-state index >= 15 is 0 Å². The lowest BCUT2D eigenvalue weighted by Gasteiger charge is -2.28. The Hall–Kier alpha value is -2.47. The van der Waals surface area contributed by atoms with E-state index in [1.165, 1.54) is 0 Å². The van der Waals surface area contributed by atoms with Crippen LogP contribution in [0.15, 0.2) is 36.4 Å². The molecule has 1 aliphatic rings. The van der Waals surface area contributed by atoms with Crippen LogP contribution < -0.4 is 10.2 Å². The molecule has 1 fully saturated rings. The minimum Gasteiger partial charge on any atom is -0.360 e. The van der Waals surface area contributed by atoms with Gasteiger partial charge in [-0.1, -0.05) is 30.3 Å². The molecule has 6 nitrogen and oxygen atoms in total. The van der Waals surface area contributed by atoms with Crippen LogP contribution in [0, 0.1) is 6.92 Å². The highest BCUT2D eigenvalue weighted by Crippen LogP contribution is 2.38. The van der Waals surface area contributed by atoms with E-state index in [4.69, 9.17) is 4.74 Å². The van der Waals surface area contributed by atoms with Gasteiger partial charge in [0.1, 0.15) is 0 Å². The quantitative estimate of drug-likeness (QED) is 0.935. The molecular weight excluding hydrogens is 304 g/mol. The summed E-state index contributed by atoms with van der Waals surface area (Å²) in [5, 5.41) is 11.2. The van der Waals surface area contributed by atoms with Gasteiger partial charge in [0.05, 0.1) is 11.4 Å². The number of carbonyl (C=O) groups excluding carboxylic acids is 1. The van der Waals surface area contributed by atoms with Crippen LogP contribution >= 0.6 is 0 Å². The second-order valence-corrected chi connectivity index (χ2v) is 6.22. The molecule has 1 saturated heterocycles. The lowest BCUT2D eigenvalue weighted by Crippen LogP contribution is -2.40. The molecule has 2 heterocycles. The normalized spacial score (nSPS) is 20.0. The summed E-state index contributed by atoms with van der Waals surface area (Å²) in [6, 6.07) is 11.5. The van der Waals surface area contributed by atoms with Gasteiger partial charge in [0.2, 0.25) is 0 Å². The third kappa shape index (κ3) is 2.97. The highest BCUT2D eigenvalue weighted by Gasteiger charge is 2.44. The first kappa shape index (κ1) is 16.4. The van der Waals surface area contributed by atoms with Gasteiger partial charge < -0.3 is 15.0 Å². The molecular formula is C18H22N4O2. The Bertz CT molecular complexity index is 725. The van der Waals surface area contributed by atoms with Crippen LogP contribution in [0.1, 0.15) is 24.1 Å². The zero-order valence-corrected chi connectivity index (χ0v) is 14.2. The molecule has 1 amide bonds. The summed E-state index contributed by atoms with van der Waals surface area (Å²) in [5.74, 6) is 0.455. The highest BCUT2D eigenvalue weighted by molar-refractivity contribution is 6.00. The number of aromatic nitrogens is 2. The summed E-state index contributed by atoms with van der Waals surface area (Å²) in [4.78, 5) is 14.9. The Kier molecular flexibility index (Phi) is 4.49. The van der Waals surface area contributed by atoms with E-state index in [0.717, 1.165) is 17.7 Å². The minimum absolute atomic E-state index is 0.165. The number of nitrogens with one attached hydrogen (secondary N) is 1. The zero-order chi connectivity index (χ0) is 17.2. The molecule has 1 aromatic heterocycles. The monoisotopic (exact) mass is 326 g/mol. The Morgan fingerprint density at radius 3 is 2.62 bits per heavy atom. The Morgan fingerprint density at radius 1 is 1.25 bits per heavy atom. The van der Waals surface area contributed by atoms with Crippen LogP contribution in [0.5, 0.6) is 0 Å². The molecule has 1 aliphatic heterocycles. The van der Waals surface area contributed by atoms with Crippen molar-refractivity contribution in [1.29, 1.82) is 0 Å². The van der Waals surface area contributed by atoms with Crippen molar-refractivity contribution in [2.24, 2.45) is 0 Å². The summed E-state index contributed by atoms with van der Waals surface area (Å²) < 4.78 is 5.93. The molecule has 6 heteroatoms. The molecule has 1 N–H and O–H groups in total. The van der Waals surface area contributed by atoms with Gasteiger partial charge in [-0.2, -0.15) is 5.10 Å². The summed E-state index contributed by atoms with van der Waals surface area (Å²) in [6.45, 7) is 2.43. The van der Waals surface area contributed by atoms with Crippen molar-refractivity contribution in [3.63, 3.8) is 0 Å². The van der Waals surface area contributed by atoms with Gasteiger partial charge in [-0.25, -0.2) is 0 Å². The number of hydrogen-bond acceptors (Lipinski definition) is 5. The molecule has 0 aliphatic carbocycles. The number of benzene rings is 1. The molecule has 0 spiro atoms. The van der Waals surface area contributed by atoms with E-state index in [9.17, 15) is 4.79 Å². The van der Waals surface area contributed by atoms with Crippen molar-refractivity contribution < 1.29 is 9.53 Å². The van der Waals surface area contributed by atoms with Crippen molar-refractivity contribution in [2.75, 3.05) is 30.9 Å². The maximum absolute atomic E-state index is 13.1. The first-order valence-electron chi connectivity index (χ1n) is 8.05. The second-order valence-electron chi connectivity index (χ2n) is 6.22. The Balaban J connectivity index is 1.95. The molecule has 24 heavy (non-hydrogen) atoms. The second kappa shape index (κ2) is 6.57. The molecule has 1 atom stereocenters. The molecule has 1 aromatic carbocycles. The first-order chi connectivity index (χ1) is 11.5. The van der Waals surface area contributed by atoms with E-state index in [0.29, 0.717) is 24.5 Å². The van der Waals surface area contributed by atoms with Crippen molar-refractivity contribution >= 4 is 17.4 Å². The number of ether oxygens (including phenoxy) is 1. The maximum atomic E-state index is 13.1. The number of rotatable bonds is 4. The topological polar surface area (TPSA) is 67.3 Å². The van der Waals surface area contributed by atoms with Crippen LogP contribution in [-0.4, -0.2) is 36.8 Å². The van der Waals surface area contributed by atoms with Gasteiger partial charge >= 0.3 is 0 Å². The van der Waals surface area contributed by atoms with Crippen molar-refractivity contribution in [3.8, 4) is 0 Å². The smallest absolute Gasteiger partial charge is 0.261 e. The molecule has 1 unspecified atom stereocenters. The molecule has 0 bridgehead atoms.